The second kappa shape index (κ2) is 5.24. The van der Waals surface area contributed by atoms with E-state index in [2.05, 4.69) is 15.5 Å². The summed E-state index contributed by atoms with van der Waals surface area (Å²) in [6.45, 7) is 1.97. The van der Waals surface area contributed by atoms with E-state index in [-0.39, 0.29) is 5.91 Å². The molecule has 2 heterocycles. The summed E-state index contributed by atoms with van der Waals surface area (Å²) in [7, 11) is 0. The van der Waals surface area contributed by atoms with Gasteiger partial charge in [-0.1, -0.05) is 0 Å². The van der Waals surface area contributed by atoms with Gasteiger partial charge in [-0.25, -0.2) is 0 Å². The molecule has 23 heavy (non-hydrogen) atoms. The molecule has 0 bridgehead atoms. The quantitative estimate of drug-likeness (QED) is 0.678. The molecule has 0 spiro atoms. The molecule has 118 valence electrons. The number of fused-ring (bicyclic) bond motifs is 2. The van der Waals surface area contributed by atoms with Gasteiger partial charge >= 0.3 is 0 Å². The maximum Gasteiger partial charge on any atom is 0.259 e. The van der Waals surface area contributed by atoms with Gasteiger partial charge in [-0.3, -0.25) is 9.89 Å². The Kier molecular flexibility index (Phi) is 3.20. The average molecular weight is 311 g/mol. The number of amides is 1. The van der Waals surface area contributed by atoms with Crippen molar-refractivity contribution in [1.82, 2.24) is 10.2 Å². The summed E-state index contributed by atoms with van der Waals surface area (Å²) < 4.78 is 5.46. The van der Waals surface area contributed by atoms with Gasteiger partial charge in [-0.05, 0) is 37.5 Å². The van der Waals surface area contributed by atoms with E-state index in [1.54, 1.807) is 6.20 Å². The Morgan fingerprint density at radius 2 is 2.35 bits per heavy atom. The van der Waals surface area contributed by atoms with Gasteiger partial charge in [0.1, 0.15) is 12.0 Å². The molecule has 4 rings (SSSR count). The van der Waals surface area contributed by atoms with Gasteiger partial charge in [0.05, 0.1) is 23.4 Å². The number of furan rings is 1. The van der Waals surface area contributed by atoms with Crippen molar-refractivity contribution in [3.05, 3.63) is 47.0 Å². The number of carbonyl (C=O) groups is 1. The van der Waals surface area contributed by atoms with Crippen LogP contribution in [0.5, 0.6) is 0 Å². The highest BCUT2D eigenvalue weighted by atomic mass is 16.3. The Morgan fingerprint density at radius 1 is 1.48 bits per heavy atom. The molecule has 1 aliphatic rings. The number of aromatic amines is 1. The molecule has 2 aromatic heterocycles. The van der Waals surface area contributed by atoms with Crippen LogP contribution >= 0.6 is 0 Å². The minimum absolute atomic E-state index is 0.269. The number of rotatable bonds is 2. The third-order valence-corrected chi connectivity index (χ3v) is 4.39. The number of hydrogen-bond acceptors (Lipinski definition) is 4. The molecule has 0 saturated heterocycles. The zero-order chi connectivity index (χ0) is 16.0. The monoisotopic (exact) mass is 311 g/mol. The molecule has 0 fully saturated rings. The molecule has 1 amide bonds. The molecule has 1 aliphatic carbocycles. The van der Waals surface area contributed by atoms with Crippen LogP contribution in [0.25, 0.3) is 10.9 Å². The normalized spacial score (nSPS) is 17.2. The minimum atomic E-state index is -0.630. The summed E-state index contributed by atoms with van der Waals surface area (Å²) in [5.41, 5.74) is 3.63. The van der Waals surface area contributed by atoms with Gasteiger partial charge < -0.3 is 14.8 Å². The summed E-state index contributed by atoms with van der Waals surface area (Å²) in [6, 6.07) is 3.74. The van der Waals surface area contributed by atoms with Crippen molar-refractivity contribution >= 4 is 22.5 Å². The van der Waals surface area contributed by atoms with Crippen molar-refractivity contribution in [1.29, 1.82) is 0 Å². The van der Waals surface area contributed by atoms with E-state index in [4.69, 9.17) is 4.42 Å². The van der Waals surface area contributed by atoms with Crippen LogP contribution in [0.2, 0.25) is 0 Å². The number of carbonyl (C=O) groups excluding carboxylic acids is 1. The van der Waals surface area contributed by atoms with Gasteiger partial charge in [-0.2, -0.15) is 5.10 Å². The van der Waals surface area contributed by atoms with E-state index in [0.717, 1.165) is 29.3 Å². The maximum absolute atomic E-state index is 12.6. The fraction of sp³-hybridized carbons (Fsp3) is 0.294. The van der Waals surface area contributed by atoms with Gasteiger partial charge in [0.15, 0.2) is 0 Å². The fourth-order valence-electron chi connectivity index (χ4n) is 3.24. The van der Waals surface area contributed by atoms with E-state index in [0.29, 0.717) is 29.0 Å². The van der Waals surface area contributed by atoms with Crippen molar-refractivity contribution in [2.24, 2.45) is 0 Å². The number of benzene rings is 1. The Labute approximate surface area is 132 Å². The molecule has 3 N–H and O–H groups in total. The topological polar surface area (TPSA) is 91.1 Å². The first-order valence-electron chi connectivity index (χ1n) is 7.67. The van der Waals surface area contributed by atoms with Crippen molar-refractivity contribution < 1.29 is 14.3 Å². The smallest absolute Gasteiger partial charge is 0.259 e. The van der Waals surface area contributed by atoms with Crippen molar-refractivity contribution in [3.8, 4) is 0 Å². The molecule has 1 unspecified atom stereocenters. The van der Waals surface area contributed by atoms with E-state index in [1.165, 1.54) is 6.26 Å². The van der Waals surface area contributed by atoms with Gasteiger partial charge in [-0.15, -0.1) is 0 Å². The number of nitrogens with zero attached hydrogens (tertiary/aromatic N) is 1. The number of H-pyrrole nitrogens is 1. The van der Waals surface area contributed by atoms with Crippen molar-refractivity contribution in [3.63, 3.8) is 0 Å². The van der Waals surface area contributed by atoms with Gasteiger partial charge in [0.25, 0.3) is 5.91 Å². The highest BCUT2D eigenvalue weighted by molar-refractivity contribution is 6.06. The number of hydrogen-bond donors (Lipinski definition) is 3. The lowest BCUT2D eigenvalue weighted by Gasteiger charge is -2.17. The first-order valence-corrected chi connectivity index (χ1v) is 7.67. The molecule has 0 radical (unpaired) electrons. The van der Waals surface area contributed by atoms with Crippen molar-refractivity contribution in [2.75, 3.05) is 5.32 Å². The summed E-state index contributed by atoms with van der Waals surface area (Å²) >= 11 is 0. The van der Waals surface area contributed by atoms with Crippen LogP contribution in [-0.2, 0) is 6.42 Å². The molecule has 1 aromatic carbocycles. The molecule has 0 aliphatic heterocycles. The Balaban J connectivity index is 1.66. The van der Waals surface area contributed by atoms with E-state index in [1.807, 2.05) is 19.1 Å². The van der Waals surface area contributed by atoms with Gasteiger partial charge in [0.2, 0.25) is 0 Å². The van der Waals surface area contributed by atoms with Gasteiger partial charge in [0, 0.05) is 23.1 Å². The molecular weight excluding hydrogens is 294 g/mol. The van der Waals surface area contributed by atoms with Crippen LogP contribution < -0.4 is 5.32 Å². The van der Waals surface area contributed by atoms with Crippen LogP contribution in [0.1, 0.15) is 46.2 Å². The molecule has 6 nitrogen and oxygen atoms in total. The number of aliphatic hydroxyl groups is 1. The molecule has 6 heteroatoms. The van der Waals surface area contributed by atoms with Crippen LogP contribution in [-0.4, -0.2) is 21.2 Å². The highest BCUT2D eigenvalue weighted by Crippen LogP contribution is 2.34. The predicted molar refractivity (Wildman–Crippen MR) is 85.4 cm³/mol. The van der Waals surface area contributed by atoms with E-state index >= 15 is 0 Å². The highest BCUT2D eigenvalue weighted by Gasteiger charge is 2.28. The molecule has 1 atom stereocenters. The van der Waals surface area contributed by atoms with Crippen LogP contribution in [0.3, 0.4) is 0 Å². The zero-order valence-corrected chi connectivity index (χ0v) is 12.7. The molecular formula is C17H17N3O3. The summed E-state index contributed by atoms with van der Waals surface area (Å²) in [4.78, 5) is 12.6. The Hall–Kier alpha value is -2.60. The van der Waals surface area contributed by atoms with Crippen LogP contribution in [0.15, 0.2) is 29.0 Å². The summed E-state index contributed by atoms with van der Waals surface area (Å²) in [5, 5.41) is 21.0. The second-order valence-corrected chi connectivity index (χ2v) is 5.97. The second-order valence-electron chi connectivity index (χ2n) is 5.97. The number of aromatic nitrogens is 2. The van der Waals surface area contributed by atoms with Crippen LogP contribution in [0, 0.1) is 6.92 Å². The lowest BCUT2D eigenvalue weighted by Crippen LogP contribution is -2.17. The Morgan fingerprint density at radius 3 is 3.22 bits per heavy atom. The SMILES string of the molecule is Cc1cc(NC(=O)c2coc3c2C(O)CCC3)cc2[nH]ncc12. The third-order valence-electron chi connectivity index (χ3n) is 4.39. The summed E-state index contributed by atoms with van der Waals surface area (Å²) in [5.74, 6) is 0.448. The average Bonchev–Trinajstić information content (AvgIpc) is 3.14. The summed E-state index contributed by atoms with van der Waals surface area (Å²) in [6.07, 6.45) is 4.87. The molecule has 3 aromatic rings. The fourth-order valence-corrected chi connectivity index (χ4v) is 3.24. The zero-order valence-electron chi connectivity index (χ0n) is 12.7. The maximum atomic E-state index is 12.6. The predicted octanol–water partition coefficient (Wildman–Crippen LogP) is 3.09. The van der Waals surface area contributed by atoms with E-state index in [9.17, 15) is 9.90 Å². The first kappa shape index (κ1) is 14.0. The number of aliphatic hydroxyl groups excluding tert-OH is 1. The lowest BCUT2D eigenvalue weighted by atomic mass is 9.92. The third kappa shape index (κ3) is 2.31. The first-order chi connectivity index (χ1) is 11.1. The largest absolute Gasteiger partial charge is 0.468 e. The number of aryl methyl sites for hydroxylation is 2. The number of anilines is 1. The minimum Gasteiger partial charge on any atom is -0.468 e. The lowest BCUT2D eigenvalue weighted by molar-refractivity contribution is 0.101. The van der Waals surface area contributed by atoms with Crippen LogP contribution in [0.4, 0.5) is 5.69 Å². The van der Waals surface area contributed by atoms with Crippen molar-refractivity contribution in [2.45, 2.75) is 32.3 Å². The van der Waals surface area contributed by atoms with E-state index < -0.39 is 6.10 Å². The standard InChI is InChI=1S/C17H17N3O3/c1-9-5-10(6-13-11(9)7-18-20-13)19-17(22)12-8-23-15-4-2-3-14(21)16(12)15/h5-8,14,21H,2-4H2,1H3,(H,18,20)(H,19,22). The number of nitrogens with one attached hydrogen (secondary N) is 2. The Bertz CT molecular complexity index is 894. The molecule has 0 saturated carbocycles.